The second-order valence-corrected chi connectivity index (χ2v) is 6.85. The van der Waals surface area contributed by atoms with E-state index in [0.29, 0.717) is 6.54 Å². The van der Waals surface area contributed by atoms with E-state index in [4.69, 9.17) is 12.2 Å². The van der Waals surface area contributed by atoms with Crippen molar-refractivity contribution in [1.82, 2.24) is 9.78 Å². The van der Waals surface area contributed by atoms with Crippen LogP contribution in [0.2, 0.25) is 0 Å². The molecular formula is C20H19F3N4S. The van der Waals surface area contributed by atoms with Crippen LogP contribution in [0.25, 0.3) is 0 Å². The van der Waals surface area contributed by atoms with Crippen LogP contribution in [0.3, 0.4) is 0 Å². The molecule has 4 nitrogen and oxygen atoms in total. The second-order valence-electron chi connectivity index (χ2n) is 6.44. The maximum Gasteiger partial charge on any atom is 0.416 e. The van der Waals surface area contributed by atoms with Crippen LogP contribution in [0, 0.1) is 13.8 Å². The van der Waals surface area contributed by atoms with Gasteiger partial charge < -0.3 is 10.6 Å². The summed E-state index contributed by atoms with van der Waals surface area (Å²) in [6, 6.07) is 14.5. The van der Waals surface area contributed by atoms with E-state index < -0.39 is 11.7 Å². The van der Waals surface area contributed by atoms with Gasteiger partial charge in [-0.25, -0.2) is 0 Å². The first kappa shape index (κ1) is 19.9. The van der Waals surface area contributed by atoms with E-state index in [-0.39, 0.29) is 10.8 Å². The van der Waals surface area contributed by atoms with Crippen LogP contribution in [0.4, 0.5) is 24.5 Å². The Bertz CT molecular complexity index is 978. The van der Waals surface area contributed by atoms with Crippen molar-refractivity contribution < 1.29 is 13.2 Å². The van der Waals surface area contributed by atoms with Crippen molar-refractivity contribution in [3.05, 3.63) is 77.1 Å². The molecule has 0 aliphatic rings. The Kier molecular flexibility index (Phi) is 5.69. The third kappa shape index (κ3) is 5.10. The number of aromatic nitrogens is 2. The summed E-state index contributed by atoms with van der Waals surface area (Å²) >= 11 is 5.19. The van der Waals surface area contributed by atoms with Gasteiger partial charge in [-0.15, -0.1) is 0 Å². The molecule has 1 heterocycles. The Morgan fingerprint density at radius 1 is 1.00 bits per heavy atom. The molecule has 0 atom stereocenters. The molecular weight excluding hydrogens is 385 g/mol. The van der Waals surface area contributed by atoms with E-state index in [9.17, 15) is 13.2 Å². The summed E-state index contributed by atoms with van der Waals surface area (Å²) in [5.41, 5.74) is 3.42. The lowest BCUT2D eigenvalue weighted by atomic mass is 10.2. The predicted molar refractivity (Wildman–Crippen MR) is 109 cm³/mol. The Balaban J connectivity index is 1.61. The highest BCUT2D eigenvalue weighted by Crippen LogP contribution is 2.30. The van der Waals surface area contributed by atoms with E-state index >= 15 is 0 Å². The number of alkyl halides is 3. The zero-order chi connectivity index (χ0) is 20.3. The lowest BCUT2D eigenvalue weighted by Crippen LogP contribution is -2.19. The van der Waals surface area contributed by atoms with E-state index in [1.54, 1.807) is 0 Å². The monoisotopic (exact) mass is 404 g/mol. The number of hydrogen-bond donors (Lipinski definition) is 2. The van der Waals surface area contributed by atoms with Gasteiger partial charge >= 0.3 is 6.18 Å². The molecule has 0 spiro atoms. The summed E-state index contributed by atoms with van der Waals surface area (Å²) < 4.78 is 40.3. The summed E-state index contributed by atoms with van der Waals surface area (Å²) in [6.45, 7) is 4.62. The van der Waals surface area contributed by atoms with E-state index in [1.165, 1.54) is 12.1 Å². The van der Waals surface area contributed by atoms with Gasteiger partial charge in [-0.3, -0.25) is 4.68 Å². The van der Waals surface area contributed by atoms with Gasteiger partial charge in [-0.1, -0.05) is 18.2 Å². The van der Waals surface area contributed by atoms with Crippen LogP contribution in [-0.2, 0) is 12.7 Å². The van der Waals surface area contributed by atoms with Crippen LogP contribution in [0.5, 0.6) is 0 Å². The smallest absolute Gasteiger partial charge is 0.332 e. The van der Waals surface area contributed by atoms with Crippen molar-refractivity contribution in [1.29, 1.82) is 0 Å². The Labute approximate surface area is 166 Å². The quantitative estimate of drug-likeness (QED) is 0.573. The van der Waals surface area contributed by atoms with Gasteiger partial charge in [0.1, 0.15) is 0 Å². The van der Waals surface area contributed by atoms with Gasteiger partial charge in [0.15, 0.2) is 5.11 Å². The molecule has 0 aliphatic heterocycles. The number of nitrogens with zero attached hydrogens (tertiary/aromatic N) is 2. The number of rotatable bonds is 4. The minimum atomic E-state index is -4.39. The van der Waals surface area contributed by atoms with E-state index in [1.807, 2.05) is 48.9 Å². The number of benzene rings is 2. The topological polar surface area (TPSA) is 41.9 Å². The molecule has 146 valence electrons. The van der Waals surface area contributed by atoms with Crippen molar-refractivity contribution in [2.24, 2.45) is 0 Å². The van der Waals surface area contributed by atoms with Crippen LogP contribution in [0.15, 0.2) is 54.6 Å². The molecule has 0 bridgehead atoms. The first-order valence-electron chi connectivity index (χ1n) is 8.56. The third-order valence-electron chi connectivity index (χ3n) is 4.10. The second kappa shape index (κ2) is 8.02. The summed E-state index contributed by atoms with van der Waals surface area (Å²) in [4.78, 5) is 0. The number of halogens is 3. The standard InChI is InChI=1S/C20H19F3N4S/c1-13-10-14(2)27(26-13)12-15-6-8-17(9-7-15)24-19(28)25-18-5-3-4-16(11-18)20(21,22)23/h3-11H,12H2,1-2H3,(H2,24,25,28). The molecule has 0 fully saturated rings. The van der Waals surface area contributed by atoms with Crippen LogP contribution >= 0.6 is 12.2 Å². The molecule has 8 heteroatoms. The summed E-state index contributed by atoms with van der Waals surface area (Å²) in [7, 11) is 0. The maximum atomic E-state index is 12.8. The molecule has 3 aromatic rings. The maximum absolute atomic E-state index is 12.8. The largest absolute Gasteiger partial charge is 0.416 e. The summed E-state index contributed by atoms with van der Waals surface area (Å²) in [5, 5.41) is 10.4. The number of hydrogen-bond acceptors (Lipinski definition) is 2. The zero-order valence-electron chi connectivity index (χ0n) is 15.3. The summed E-state index contributed by atoms with van der Waals surface area (Å²) in [6.07, 6.45) is -4.39. The fourth-order valence-corrected chi connectivity index (χ4v) is 3.00. The van der Waals surface area contributed by atoms with Crippen LogP contribution in [0.1, 0.15) is 22.5 Å². The molecule has 0 amide bonds. The lowest BCUT2D eigenvalue weighted by molar-refractivity contribution is -0.137. The minimum absolute atomic E-state index is 0.214. The Morgan fingerprint density at radius 2 is 1.68 bits per heavy atom. The van der Waals surface area contributed by atoms with Gasteiger partial charge in [-0.2, -0.15) is 18.3 Å². The van der Waals surface area contributed by atoms with Crippen molar-refractivity contribution in [3.8, 4) is 0 Å². The molecule has 1 aromatic heterocycles. The van der Waals surface area contributed by atoms with Crippen molar-refractivity contribution in [2.45, 2.75) is 26.6 Å². The highest BCUT2D eigenvalue weighted by Gasteiger charge is 2.30. The van der Waals surface area contributed by atoms with Gasteiger partial charge in [0.25, 0.3) is 0 Å². The van der Waals surface area contributed by atoms with Crippen LogP contribution in [-0.4, -0.2) is 14.9 Å². The molecule has 0 saturated carbocycles. The lowest BCUT2D eigenvalue weighted by Gasteiger charge is -2.13. The highest BCUT2D eigenvalue weighted by molar-refractivity contribution is 7.80. The predicted octanol–water partition coefficient (Wildman–Crippen LogP) is 5.38. The van der Waals surface area contributed by atoms with Gasteiger partial charge in [0, 0.05) is 17.1 Å². The molecule has 2 N–H and O–H groups in total. The molecule has 0 saturated heterocycles. The Morgan fingerprint density at radius 3 is 2.29 bits per heavy atom. The van der Waals surface area contributed by atoms with Gasteiger partial charge in [0.2, 0.25) is 0 Å². The van der Waals surface area contributed by atoms with Gasteiger partial charge in [0.05, 0.1) is 17.8 Å². The van der Waals surface area contributed by atoms with Crippen molar-refractivity contribution >= 4 is 28.7 Å². The molecule has 3 rings (SSSR count). The van der Waals surface area contributed by atoms with Crippen molar-refractivity contribution in [3.63, 3.8) is 0 Å². The van der Waals surface area contributed by atoms with Crippen LogP contribution < -0.4 is 10.6 Å². The Hall–Kier alpha value is -2.87. The number of thiocarbonyl (C=S) groups is 1. The average molecular weight is 404 g/mol. The first-order valence-corrected chi connectivity index (χ1v) is 8.97. The highest BCUT2D eigenvalue weighted by atomic mass is 32.1. The first-order chi connectivity index (χ1) is 13.2. The molecule has 0 aliphatic carbocycles. The molecule has 28 heavy (non-hydrogen) atoms. The minimum Gasteiger partial charge on any atom is -0.332 e. The summed E-state index contributed by atoms with van der Waals surface area (Å²) in [5.74, 6) is 0. The molecule has 2 aromatic carbocycles. The van der Waals surface area contributed by atoms with Crippen molar-refractivity contribution in [2.75, 3.05) is 10.6 Å². The van der Waals surface area contributed by atoms with E-state index in [0.717, 1.165) is 34.8 Å². The number of nitrogens with one attached hydrogen (secondary N) is 2. The van der Waals surface area contributed by atoms with E-state index in [2.05, 4.69) is 15.7 Å². The normalized spacial score (nSPS) is 11.3. The number of aryl methyl sites for hydroxylation is 2. The fourth-order valence-electron chi connectivity index (χ4n) is 2.77. The molecule has 0 unspecified atom stereocenters. The average Bonchev–Trinajstić information content (AvgIpc) is 2.93. The van der Waals surface area contributed by atoms with Gasteiger partial charge in [-0.05, 0) is 68.0 Å². The zero-order valence-corrected chi connectivity index (χ0v) is 16.2. The molecule has 0 radical (unpaired) electrons. The number of anilines is 2. The fraction of sp³-hybridized carbons (Fsp3) is 0.200. The third-order valence-corrected chi connectivity index (χ3v) is 4.30. The SMILES string of the molecule is Cc1cc(C)n(Cc2ccc(NC(=S)Nc3cccc(C(F)(F)F)c3)cc2)n1.